The summed E-state index contributed by atoms with van der Waals surface area (Å²) in [5, 5.41) is 22.4. The maximum atomic E-state index is 13.3. The van der Waals surface area contributed by atoms with Gasteiger partial charge in [0.1, 0.15) is 28.9 Å². The van der Waals surface area contributed by atoms with Crippen LogP contribution in [0.2, 0.25) is 5.02 Å². The first-order valence-corrected chi connectivity index (χ1v) is 9.92. The van der Waals surface area contributed by atoms with Crippen LogP contribution in [0.3, 0.4) is 0 Å². The van der Waals surface area contributed by atoms with Gasteiger partial charge < -0.3 is 15.7 Å². The summed E-state index contributed by atoms with van der Waals surface area (Å²) in [5.74, 6) is -0.523. The smallest absolute Gasteiger partial charge is 0.272 e. The fourth-order valence-electron chi connectivity index (χ4n) is 3.09. The SMILES string of the molecule is C=C(O)c1cccc(CNc2n[nH]c3c(C(=O)NCc4ccc(F)c(Cl)c4)ncnc23)c1. The Kier molecular flexibility index (Phi) is 6.00. The zero-order valence-electron chi connectivity index (χ0n) is 16.7. The third kappa shape index (κ3) is 4.52. The van der Waals surface area contributed by atoms with Crippen LogP contribution in [-0.2, 0) is 13.1 Å². The number of carbonyl (C=O) groups excluding carboxylic acids is 1. The van der Waals surface area contributed by atoms with E-state index < -0.39 is 11.7 Å². The van der Waals surface area contributed by atoms with Crippen molar-refractivity contribution in [3.8, 4) is 0 Å². The summed E-state index contributed by atoms with van der Waals surface area (Å²) in [6.07, 6.45) is 1.28. The molecule has 10 heteroatoms. The Morgan fingerprint density at radius 2 is 1.97 bits per heavy atom. The molecule has 2 aromatic carbocycles. The van der Waals surface area contributed by atoms with Crippen molar-refractivity contribution in [2.45, 2.75) is 13.1 Å². The molecule has 1 amide bonds. The van der Waals surface area contributed by atoms with E-state index in [1.165, 1.54) is 24.5 Å². The number of nitrogens with zero attached hydrogens (tertiary/aromatic N) is 3. The van der Waals surface area contributed by atoms with Gasteiger partial charge in [0.25, 0.3) is 5.91 Å². The maximum absolute atomic E-state index is 13.3. The predicted molar refractivity (Wildman–Crippen MR) is 120 cm³/mol. The molecule has 0 bridgehead atoms. The van der Waals surface area contributed by atoms with Gasteiger partial charge in [-0.05, 0) is 29.3 Å². The summed E-state index contributed by atoms with van der Waals surface area (Å²) < 4.78 is 13.3. The first kappa shape index (κ1) is 21.3. The van der Waals surface area contributed by atoms with Crippen LogP contribution >= 0.6 is 11.6 Å². The van der Waals surface area contributed by atoms with Crippen molar-refractivity contribution in [2.24, 2.45) is 0 Å². The number of H-pyrrole nitrogens is 1. The van der Waals surface area contributed by atoms with Crippen molar-refractivity contribution in [1.82, 2.24) is 25.5 Å². The van der Waals surface area contributed by atoms with E-state index in [1.807, 2.05) is 12.1 Å². The molecule has 32 heavy (non-hydrogen) atoms. The highest BCUT2D eigenvalue weighted by Gasteiger charge is 2.17. The Morgan fingerprint density at radius 3 is 2.75 bits per heavy atom. The van der Waals surface area contributed by atoms with Crippen LogP contribution in [0.4, 0.5) is 10.2 Å². The number of amides is 1. The molecule has 8 nitrogen and oxygen atoms in total. The number of aromatic amines is 1. The average Bonchev–Trinajstić information content (AvgIpc) is 3.21. The number of hydrogen-bond acceptors (Lipinski definition) is 6. The Labute approximate surface area is 187 Å². The second kappa shape index (κ2) is 9.03. The number of carbonyl (C=O) groups is 1. The van der Waals surface area contributed by atoms with Crippen LogP contribution in [0.15, 0.2) is 55.4 Å². The van der Waals surface area contributed by atoms with Gasteiger partial charge in [-0.3, -0.25) is 9.89 Å². The lowest BCUT2D eigenvalue weighted by atomic mass is 10.1. The maximum Gasteiger partial charge on any atom is 0.272 e. The van der Waals surface area contributed by atoms with E-state index in [9.17, 15) is 14.3 Å². The lowest BCUT2D eigenvalue weighted by Gasteiger charge is -2.07. The summed E-state index contributed by atoms with van der Waals surface area (Å²) in [7, 11) is 0. The number of aromatic nitrogens is 4. The molecule has 0 radical (unpaired) electrons. The fraction of sp³-hybridized carbons (Fsp3) is 0.0909. The zero-order chi connectivity index (χ0) is 22.7. The highest BCUT2D eigenvalue weighted by Crippen LogP contribution is 2.21. The topological polar surface area (TPSA) is 116 Å². The molecular formula is C22H18ClFN6O2. The molecule has 162 valence electrons. The highest BCUT2D eigenvalue weighted by molar-refractivity contribution is 6.30. The lowest BCUT2D eigenvalue weighted by Crippen LogP contribution is -2.24. The molecule has 0 aliphatic rings. The van der Waals surface area contributed by atoms with Crippen LogP contribution < -0.4 is 10.6 Å². The Morgan fingerprint density at radius 1 is 1.16 bits per heavy atom. The number of rotatable bonds is 7. The van der Waals surface area contributed by atoms with Crippen molar-refractivity contribution in [3.05, 3.63) is 88.6 Å². The van der Waals surface area contributed by atoms with Gasteiger partial charge in [-0.1, -0.05) is 42.4 Å². The fourth-order valence-corrected chi connectivity index (χ4v) is 3.30. The molecule has 0 saturated carbocycles. The molecule has 4 rings (SSSR count). The van der Waals surface area contributed by atoms with Crippen LogP contribution in [0.25, 0.3) is 16.8 Å². The second-order valence-electron chi connectivity index (χ2n) is 6.95. The molecular weight excluding hydrogens is 435 g/mol. The number of aliphatic hydroxyl groups is 1. The number of hydrogen-bond donors (Lipinski definition) is 4. The van der Waals surface area contributed by atoms with E-state index in [-0.39, 0.29) is 23.0 Å². The van der Waals surface area contributed by atoms with Gasteiger partial charge in [-0.25, -0.2) is 14.4 Å². The summed E-state index contributed by atoms with van der Waals surface area (Å²) in [5.41, 5.74) is 3.13. The first-order valence-electron chi connectivity index (χ1n) is 9.54. The van der Waals surface area contributed by atoms with Crippen LogP contribution in [0.5, 0.6) is 0 Å². The molecule has 2 heterocycles. The van der Waals surface area contributed by atoms with Crippen LogP contribution in [-0.4, -0.2) is 31.2 Å². The summed E-state index contributed by atoms with van der Waals surface area (Å²) >= 11 is 5.78. The minimum Gasteiger partial charge on any atom is -0.508 e. The summed E-state index contributed by atoms with van der Waals surface area (Å²) in [6.45, 7) is 4.09. The van der Waals surface area contributed by atoms with Crippen molar-refractivity contribution in [2.75, 3.05) is 5.32 Å². The van der Waals surface area contributed by atoms with Gasteiger partial charge in [0.2, 0.25) is 0 Å². The molecule has 4 aromatic rings. The van der Waals surface area contributed by atoms with Gasteiger partial charge in [0.05, 0.1) is 5.02 Å². The van der Waals surface area contributed by atoms with E-state index in [2.05, 4.69) is 37.4 Å². The largest absolute Gasteiger partial charge is 0.508 e. The minimum absolute atomic E-state index is 0.0108. The highest BCUT2D eigenvalue weighted by atomic mass is 35.5. The van der Waals surface area contributed by atoms with E-state index in [1.54, 1.807) is 12.1 Å². The Bertz CT molecular complexity index is 1320. The molecule has 0 spiro atoms. The molecule has 0 saturated heterocycles. The number of halogens is 2. The Hall–Kier alpha value is -3.98. The molecule has 0 aliphatic carbocycles. The van der Waals surface area contributed by atoms with Crippen molar-refractivity contribution in [1.29, 1.82) is 0 Å². The summed E-state index contributed by atoms with van der Waals surface area (Å²) in [4.78, 5) is 21.0. The molecule has 0 atom stereocenters. The number of nitrogens with one attached hydrogen (secondary N) is 3. The number of fused-ring (bicyclic) bond motifs is 1. The normalized spacial score (nSPS) is 10.8. The van der Waals surface area contributed by atoms with Gasteiger partial charge in [-0.2, -0.15) is 5.10 Å². The van der Waals surface area contributed by atoms with Gasteiger partial charge in [0.15, 0.2) is 11.5 Å². The first-order chi connectivity index (χ1) is 15.4. The number of anilines is 1. The third-order valence-corrected chi connectivity index (χ3v) is 5.01. The monoisotopic (exact) mass is 452 g/mol. The summed E-state index contributed by atoms with van der Waals surface area (Å²) in [6, 6.07) is 11.5. The van der Waals surface area contributed by atoms with Crippen molar-refractivity contribution in [3.63, 3.8) is 0 Å². The average molecular weight is 453 g/mol. The molecule has 0 aliphatic heterocycles. The quantitative estimate of drug-likeness (QED) is 0.312. The van der Waals surface area contributed by atoms with E-state index in [0.29, 0.717) is 34.5 Å². The van der Waals surface area contributed by atoms with E-state index in [0.717, 1.165) is 5.56 Å². The van der Waals surface area contributed by atoms with Crippen LogP contribution in [0.1, 0.15) is 27.2 Å². The third-order valence-electron chi connectivity index (χ3n) is 4.72. The Balaban J connectivity index is 1.48. The molecule has 4 N–H and O–H groups in total. The van der Waals surface area contributed by atoms with Crippen molar-refractivity contribution >= 4 is 40.1 Å². The number of benzene rings is 2. The number of aliphatic hydroxyl groups excluding tert-OH is 1. The van der Waals surface area contributed by atoms with Crippen molar-refractivity contribution < 1.29 is 14.3 Å². The lowest BCUT2D eigenvalue weighted by molar-refractivity contribution is 0.0947. The molecule has 2 aromatic heterocycles. The van der Waals surface area contributed by atoms with Gasteiger partial charge in [-0.15, -0.1) is 0 Å². The van der Waals surface area contributed by atoms with Gasteiger partial charge in [0, 0.05) is 18.7 Å². The van der Waals surface area contributed by atoms with Crippen LogP contribution in [0, 0.1) is 5.82 Å². The second-order valence-corrected chi connectivity index (χ2v) is 7.36. The zero-order valence-corrected chi connectivity index (χ0v) is 17.4. The predicted octanol–water partition coefficient (Wildman–Crippen LogP) is 4.22. The van der Waals surface area contributed by atoms with E-state index in [4.69, 9.17) is 11.6 Å². The minimum atomic E-state index is -0.523. The standard InChI is InChI=1S/C22H18ClFN6O2/c1-12(31)15-4-2-3-13(7-15)9-25-21-19-18(29-30-21)20(28-11-27-19)22(32)26-10-14-5-6-17(24)16(23)8-14/h2-8,11,31H,1,9-10H2,(H,26,32)(H2,25,29,30). The molecule has 0 fully saturated rings. The van der Waals surface area contributed by atoms with Gasteiger partial charge >= 0.3 is 0 Å². The van der Waals surface area contributed by atoms with E-state index >= 15 is 0 Å². The molecule has 0 unspecified atom stereocenters.